The van der Waals surface area contributed by atoms with Crippen molar-refractivity contribution in [3.05, 3.63) is 51.2 Å². The number of ether oxygens (including phenoxy) is 3. The van der Waals surface area contributed by atoms with Crippen molar-refractivity contribution in [1.29, 1.82) is 0 Å². The summed E-state index contributed by atoms with van der Waals surface area (Å²) in [5, 5.41) is 0. The number of hydrogen-bond donors (Lipinski definition) is 0. The molecule has 3 aromatic rings. The number of nitrogens with zero attached hydrogens (tertiary/aromatic N) is 2. The Balaban J connectivity index is 2.20. The Labute approximate surface area is 173 Å². The summed E-state index contributed by atoms with van der Waals surface area (Å²) in [5.74, 6) is 0.193. The molecular formula is C19H17BrN2O5S. The van der Waals surface area contributed by atoms with Crippen molar-refractivity contribution >= 4 is 49.4 Å². The van der Waals surface area contributed by atoms with E-state index in [0.717, 1.165) is 9.17 Å². The Bertz CT molecular complexity index is 1120. The van der Waals surface area contributed by atoms with Gasteiger partial charge in [-0.3, -0.25) is 9.59 Å². The molecule has 0 aliphatic heterocycles. The van der Waals surface area contributed by atoms with Crippen molar-refractivity contribution in [2.75, 3.05) is 21.3 Å². The van der Waals surface area contributed by atoms with E-state index in [-0.39, 0.29) is 6.54 Å². The Morgan fingerprint density at radius 2 is 1.82 bits per heavy atom. The van der Waals surface area contributed by atoms with Crippen LogP contribution in [0.15, 0.2) is 45.9 Å². The number of fused-ring (bicyclic) bond motifs is 1. The first-order valence-corrected chi connectivity index (χ1v) is 9.74. The first kappa shape index (κ1) is 20.1. The van der Waals surface area contributed by atoms with E-state index in [1.807, 2.05) is 6.07 Å². The van der Waals surface area contributed by atoms with Crippen molar-refractivity contribution in [2.24, 2.45) is 4.99 Å². The number of aromatic nitrogens is 1. The van der Waals surface area contributed by atoms with Crippen molar-refractivity contribution in [3.8, 4) is 11.5 Å². The molecule has 146 valence electrons. The standard InChI is InChI=1S/C19H17BrN2O5S/c1-25-14-8-13-16(9-15(14)26-2)28-19(22(13)10-17(23)27-3)21-18(24)11-5-4-6-12(20)7-11/h4-9H,10H2,1-3H3. The number of rotatable bonds is 5. The summed E-state index contributed by atoms with van der Waals surface area (Å²) in [4.78, 5) is 29.2. The van der Waals surface area contributed by atoms with Gasteiger partial charge in [0.05, 0.1) is 31.5 Å². The Morgan fingerprint density at radius 3 is 2.46 bits per heavy atom. The number of benzene rings is 2. The van der Waals surface area contributed by atoms with Gasteiger partial charge in [-0.25, -0.2) is 0 Å². The number of hydrogen-bond acceptors (Lipinski definition) is 6. The number of thiazole rings is 1. The smallest absolute Gasteiger partial charge is 0.325 e. The summed E-state index contributed by atoms with van der Waals surface area (Å²) in [5.41, 5.74) is 1.13. The molecule has 1 heterocycles. The summed E-state index contributed by atoms with van der Waals surface area (Å²) < 4.78 is 18.7. The van der Waals surface area contributed by atoms with Crippen LogP contribution in [-0.4, -0.2) is 37.8 Å². The first-order chi connectivity index (χ1) is 13.5. The van der Waals surface area contributed by atoms with Crippen LogP contribution < -0.4 is 14.3 Å². The van der Waals surface area contributed by atoms with Crippen LogP contribution in [0.25, 0.3) is 10.2 Å². The third kappa shape index (κ3) is 4.10. The quantitative estimate of drug-likeness (QED) is 0.540. The largest absolute Gasteiger partial charge is 0.493 e. The second kappa shape index (κ2) is 8.57. The maximum Gasteiger partial charge on any atom is 0.325 e. The molecule has 0 aliphatic rings. The van der Waals surface area contributed by atoms with Gasteiger partial charge >= 0.3 is 5.97 Å². The molecule has 7 nitrogen and oxygen atoms in total. The van der Waals surface area contributed by atoms with Crippen LogP contribution in [0.1, 0.15) is 10.4 Å². The zero-order valence-corrected chi connectivity index (χ0v) is 17.8. The third-order valence-electron chi connectivity index (χ3n) is 3.97. The topological polar surface area (TPSA) is 79.1 Å². The molecule has 0 N–H and O–H groups in total. The minimum Gasteiger partial charge on any atom is -0.493 e. The lowest BCUT2D eigenvalue weighted by Crippen LogP contribution is -2.22. The molecule has 2 aromatic carbocycles. The van der Waals surface area contributed by atoms with Crippen LogP contribution in [0.5, 0.6) is 11.5 Å². The van der Waals surface area contributed by atoms with E-state index in [0.29, 0.717) is 27.4 Å². The second-order valence-electron chi connectivity index (χ2n) is 5.65. The van der Waals surface area contributed by atoms with E-state index >= 15 is 0 Å². The minimum absolute atomic E-state index is 0.0867. The number of amides is 1. The predicted molar refractivity (Wildman–Crippen MR) is 109 cm³/mol. The molecule has 1 amide bonds. The highest BCUT2D eigenvalue weighted by Crippen LogP contribution is 2.33. The molecule has 0 fully saturated rings. The average Bonchev–Trinajstić information content (AvgIpc) is 3.02. The second-order valence-corrected chi connectivity index (χ2v) is 7.57. The lowest BCUT2D eigenvalue weighted by molar-refractivity contribution is -0.141. The van der Waals surface area contributed by atoms with Crippen LogP contribution in [0.3, 0.4) is 0 Å². The summed E-state index contributed by atoms with van der Waals surface area (Å²) in [6, 6.07) is 10.5. The fourth-order valence-corrected chi connectivity index (χ4v) is 4.04. The summed E-state index contributed by atoms with van der Waals surface area (Å²) >= 11 is 4.62. The summed E-state index contributed by atoms with van der Waals surface area (Å²) in [6.07, 6.45) is 0. The van der Waals surface area contributed by atoms with E-state index in [1.165, 1.54) is 25.6 Å². The van der Waals surface area contributed by atoms with E-state index < -0.39 is 11.9 Å². The number of carbonyl (C=O) groups excluding carboxylic acids is 2. The highest BCUT2D eigenvalue weighted by Gasteiger charge is 2.16. The van der Waals surface area contributed by atoms with Crippen LogP contribution in [0.4, 0.5) is 0 Å². The van der Waals surface area contributed by atoms with E-state index in [1.54, 1.807) is 42.0 Å². The predicted octanol–water partition coefficient (Wildman–Crippen LogP) is 3.40. The molecule has 3 rings (SSSR count). The van der Waals surface area contributed by atoms with Gasteiger partial charge in [-0.15, -0.1) is 0 Å². The zero-order valence-electron chi connectivity index (χ0n) is 15.4. The Kier molecular flexibility index (Phi) is 6.15. The van der Waals surface area contributed by atoms with Gasteiger partial charge in [-0.05, 0) is 18.2 Å². The zero-order chi connectivity index (χ0) is 20.3. The lowest BCUT2D eigenvalue weighted by atomic mass is 10.2. The Morgan fingerprint density at radius 1 is 1.11 bits per heavy atom. The van der Waals surface area contributed by atoms with Crippen LogP contribution in [0.2, 0.25) is 0 Å². The Hall–Kier alpha value is -2.65. The first-order valence-electron chi connectivity index (χ1n) is 8.13. The fourth-order valence-electron chi connectivity index (χ4n) is 2.60. The maximum absolute atomic E-state index is 12.6. The molecule has 28 heavy (non-hydrogen) atoms. The van der Waals surface area contributed by atoms with Gasteiger partial charge in [0.2, 0.25) is 0 Å². The molecule has 0 saturated carbocycles. The van der Waals surface area contributed by atoms with E-state index in [9.17, 15) is 9.59 Å². The average molecular weight is 465 g/mol. The van der Waals surface area contributed by atoms with Gasteiger partial charge in [0.1, 0.15) is 6.54 Å². The fraction of sp³-hybridized carbons (Fsp3) is 0.211. The third-order valence-corrected chi connectivity index (χ3v) is 5.51. The van der Waals surface area contributed by atoms with Gasteiger partial charge in [-0.2, -0.15) is 4.99 Å². The molecule has 9 heteroatoms. The summed E-state index contributed by atoms with van der Waals surface area (Å²) in [6.45, 7) is -0.0867. The van der Waals surface area contributed by atoms with Crippen molar-refractivity contribution in [2.45, 2.75) is 6.54 Å². The van der Waals surface area contributed by atoms with Crippen molar-refractivity contribution < 1.29 is 23.8 Å². The number of halogens is 1. The monoisotopic (exact) mass is 464 g/mol. The highest BCUT2D eigenvalue weighted by molar-refractivity contribution is 9.10. The molecule has 0 aliphatic carbocycles. The lowest BCUT2D eigenvalue weighted by Gasteiger charge is -2.09. The van der Waals surface area contributed by atoms with Crippen LogP contribution >= 0.6 is 27.3 Å². The van der Waals surface area contributed by atoms with Crippen LogP contribution in [0, 0.1) is 0 Å². The van der Waals surface area contributed by atoms with Gasteiger partial charge in [0.15, 0.2) is 16.3 Å². The molecule has 0 atom stereocenters. The molecule has 0 unspecified atom stereocenters. The number of carbonyl (C=O) groups is 2. The normalized spacial score (nSPS) is 11.5. The minimum atomic E-state index is -0.453. The molecule has 0 spiro atoms. The molecule has 0 bridgehead atoms. The highest BCUT2D eigenvalue weighted by atomic mass is 79.9. The van der Waals surface area contributed by atoms with Crippen LogP contribution in [-0.2, 0) is 16.1 Å². The van der Waals surface area contributed by atoms with E-state index in [4.69, 9.17) is 14.2 Å². The summed E-state index contributed by atoms with van der Waals surface area (Å²) in [7, 11) is 4.38. The SMILES string of the molecule is COC(=O)Cn1c(=NC(=O)c2cccc(Br)c2)sc2cc(OC)c(OC)cc21. The number of methoxy groups -OCH3 is 3. The maximum atomic E-state index is 12.6. The van der Waals surface area contributed by atoms with Crippen molar-refractivity contribution in [3.63, 3.8) is 0 Å². The van der Waals surface area contributed by atoms with Gasteiger partial charge < -0.3 is 18.8 Å². The number of esters is 1. The van der Waals surface area contributed by atoms with Gasteiger partial charge in [-0.1, -0.05) is 33.3 Å². The van der Waals surface area contributed by atoms with E-state index in [2.05, 4.69) is 20.9 Å². The molecule has 0 saturated heterocycles. The van der Waals surface area contributed by atoms with Gasteiger partial charge in [0.25, 0.3) is 5.91 Å². The van der Waals surface area contributed by atoms with Gasteiger partial charge in [0, 0.05) is 22.2 Å². The molecular weight excluding hydrogens is 448 g/mol. The molecule has 1 aromatic heterocycles. The molecule has 0 radical (unpaired) electrons. The van der Waals surface area contributed by atoms with Crippen molar-refractivity contribution in [1.82, 2.24) is 4.57 Å².